The number of hydrogen-bond acceptors (Lipinski definition) is 3. The Morgan fingerprint density at radius 3 is 2.42 bits per heavy atom. The minimum absolute atomic E-state index is 0.0122. The van der Waals surface area contributed by atoms with Crippen LogP contribution in [-0.4, -0.2) is 39.7 Å². The number of nitrogens with zero attached hydrogens (tertiary/aromatic N) is 1. The number of nitrogens with two attached hydrogens (primary N) is 1. The molecule has 1 aromatic rings. The number of rotatable bonds is 2. The summed E-state index contributed by atoms with van der Waals surface area (Å²) in [4.78, 5) is 13.7. The third kappa shape index (κ3) is 3.78. The fourth-order valence-electron chi connectivity index (χ4n) is 1.91. The van der Waals surface area contributed by atoms with E-state index in [9.17, 15) is 9.00 Å². The number of nitrogens with one attached hydrogen (secondary N) is 1. The van der Waals surface area contributed by atoms with Crippen LogP contribution in [0.1, 0.15) is 18.5 Å². The zero-order valence-electron chi connectivity index (χ0n) is 11.0. The van der Waals surface area contributed by atoms with E-state index in [4.69, 9.17) is 5.73 Å². The lowest BCUT2D eigenvalue weighted by Gasteiger charge is -2.26. The second-order valence-corrected chi connectivity index (χ2v) is 6.37. The Bertz CT molecular complexity index is 463. The minimum atomic E-state index is -0.768. The van der Waals surface area contributed by atoms with Crippen molar-refractivity contribution in [3.8, 4) is 0 Å². The van der Waals surface area contributed by atoms with Crippen molar-refractivity contribution in [2.24, 2.45) is 5.73 Å². The third-order valence-electron chi connectivity index (χ3n) is 3.15. The number of anilines is 1. The van der Waals surface area contributed by atoms with Crippen LogP contribution in [0, 0.1) is 0 Å². The van der Waals surface area contributed by atoms with Gasteiger partial charge in [0.05, 0.1) is 0 Å². The van der Waals surface area contributed by atoms with Crippen molar-refractivity contribution < 1.29 is 9.00 Å². The van der Waals surface area contributed by atoms with E-state index in [2.05, 4.69) is 5.32 Å². The predicted molar refractivity (Wildman–Crippen MR) is 77.5 cm³/mol. The van der Waals surface area contributed by atoms with Crippen molar-refractivity contribution in [3.63, 3.8) is 0 Å². The van der Waals surface area contributed by atoms with Crippen molar-refractivity contribution >= 4 is 22.5 Å². The Kier molecular flexibility index (Phi) is 4.55. The van der Waals surface area contributed by atoms with Gasteiger partial charge in [0.2, 0.25) is 0 Å². The van der Waals surface area contributed by atoms with Crippen LogP contribution in [0.3, 0.4) is 0 Å². The van der Waals surface area contributed by atoms with E-state index in [1.54, 1.807) is 4.90 Å². The summed E-state index contributed by atoms with van der Waals surface area (Å²) in [7, 11) is -0.768. The van der Waals surface area contributed by atoms with Crippen LogP contribution in [0.5, 0.6) is 0 Å². The molecule has 0 saturated carbocycles. The summed E-state index contributed by atoms with van der Waals surface area (Å²) in [6.07, 6.45) is 0. The maximum Gasteiger partial charge on any atom is 0.321 e. The van der Waals surface area contributed by atoms with Gasteiger partial charge in [-0.1, -0.05) is 12.1 Å². The van der Waals surface area contributed by atoms with Gasteiger partial charge < -0.3 is 16.0 Å². The van der Waals surface area contributed by atoms with Gasteiger partial charge in [0.25, 0.3) is 0 Å². The lowest BCUT2D eigenvalue weighted by Crippen LogP contribution is -2.43. The molecule has 1 aromatic carbocycles. The van der Waals surface area contributed by atoms with E-state index < -0.39 is 10.8 Å². The van der Waals surface area contributed by atoms with Crippen molar-refractivity contribution in [2.45, 2.75) is 13.0 Å². The number of carbonyl (C=O) groups is 1. The van der Waals surface area contributed by atoms with Crippen LogP contribution < -0.4 is 11.1 Å². The first-order valence-corrected chi connectivity index (χ1v) is 7.81. The maximum atomic E-state index is 12.0. The first-order valence-electron chi connectivity index (χ1n) is 6.32. The number of hydrogen-bond donors (Lipinski definition) is 2. The molecule has 19 heavy (non-hydrogen) atoms. The van der Waals surface area contributed by atoms with Crippen LogP contribution >= 0.6 is 0 Å². The Hall–Kier alpha value is -1.40. The number of carbonyl (C=O) groups excluding carboxylic acids is 1. The minimum Gasteiger partial charge on any atom is -0.324 e. The van der Waals surface area contributed by atoms with E-state index in [1.165, 1.54) is 0 Å². The summed E-state index contributed by atoms with van der Waals surface area (Å²) in [6, 6.07) is 7.36. The molecule has 1 aliphatic heterocycles. The van der Waals surface area contributed by atoms with Crippen LogP contribution in [0.2, 0.25) is 0 Å². The molecule has 1 atom stereocenters. The van der Waals surface area contributed by atoms with E-state index in [0.717, 1.165) is 11.3 Å². The van der Waals surface area contributed by atoms with E-state index in [1.807, 2.05) is 31.2 Å². The summed E-state index contributed by atoms with van der Waals surface area (Å²) in [5.41, 5.74) is 7.56. The van der Waals surface area contributed by atoms with Crippen LogP contribution in [-0.2, 0) is 10.8 Å². The molecule has 1 unspecified atom stereocenters. The molecule has 0 bridgehead atoms. The standard InChI is InChI=1S/C13H19N3O2S/c1-10(14)11-2-4-12(5-3-11)15-13(17)16-6-8-19(18)9-7-16/h2-5,10H,6-9,14H2,1H3,(H,15,17). The van der Waals surface area contributed by atoms with Crippen LogP contribution in [0.4, 0.5) is 10.5 Å². The van der Waals surface area contributed by atoms with Crippen LogP contribution in [0.25, 0.3) is 0 Å². The first kappa shape index (κ1) is 14.0. The molecule has 0 aromatic heterocycles. The molecule has 2 amide bonds. The predicted octanol–water partition coefficient (Wildman–Crippen LogP) is 1.30. The monoisotopic (exact) mass is 281 g/mol. The van der Waals surface area contributed by atoms with Gasteiger partial charge in [-0.3, -0.25) is 4.21 Å². The lowest BCUT2D eigenvalue weighted by atomic mass is 10.1. The molecular weight excluding hydrogens is 262 g/mol. The van der Waals surface area contributed by atoms with Gasteiger partial charge in [-0.25, -0.2) is 4.79 Å². The molecule has 1 aliphatic rings. The first-order chi connectivity index (χ1) is 9.06. The van der Waals surface area contributed by atoms with Crippen LogP contribution in [0.15, 0.2) is 24.3 Å². The Labute approximate surface area is 115 Å². The molecule has 0 spiro atoms. The van der Waals surface area contributed by atoms with Crippen molar-refractivity contribution in [3.05, 3.63) is 29.8 Å². The van der Waals surface area contributed by atoms with Crippen molar-refractivity contribution in [2.75, 3.05) is 29.9 Å². The summed E-state index contributed by atoms with van der Waals surface area (Å²) in [5.74, 6) is 1.13. The van der Waals surface area contributed by atoms with Gasteiger partial charge >= 0.3 is 6.03 Å². The molecule has 6 heteroatoms. The molecular formula is C13H19N3O2S. The maximum absolute atomic E-state index is 12.0. The second-order valence-electron chi connectivity index (χ2n) is 4.68. The molecule has 5 nitrogen and oxygen atoms in total. The highest BCUT2D eigenvalue weighted by atomic mass is 32.2. The molecule has 1 heterocycles. The normalized spacial score (nSPS) is 18.1. The fourth-order valence-corrected chi connectivity index (χ4v) is 2.97. The molecule has 1 fully saturated rings. The summed E-state index contributed by atoms with van der Waals surface area (Å²) in [5, 5.41) is 2.84. The molecule has 0 radical (unpaired) electrons. The Balaban J connectivity index is 1.93. The molecule has 1 saturated heterocycles. The summed E-state index contributed by atoms with van der Waals surface area (Å²) < 4.78 is 11.2. The zero-order valence-corrected chi connectivity index (χ0v) is 11.8. The van der Waals surface area contributed by atoms with Gasteiger partial charge in [0.1, 0.15) is 0 Å². The highest BCUT2D eigenvalue weighted by Gasteiger charge is 2.19. The highest BCUT2D eigenvalue weighted by molar-refractivity contribution is 7.85. The van der Waals surface area contributed by atoms with Gasteiger partial charge in [-0.05, 0) is 24.6 Å². The van der Waals surface area contributed by atoms with Gasteiger partial charge in [-0.2, -0.15) is 0 Å². The van der Waals surface area contributed by atoms with E-state index in [0.29, 0.717) is 24.6 Å². The number of urea groups is 1. The largest absolute Gasteiger partial charge is 0.324 e. The van der Waals surface area contributed by atoms with Crippen molar-refractivity contribution in [1.29, 1.82) is 0 Å². The van der Waals surface area contributed by atoms with Gasteiger partial charge in [-0.15, -0.1) is 0 Å². The molecule has 0 aliphatic carbocycles. The van der Waals surface area contributed by atoms with Crippen molar-refractivity contribution in [1.82, 2.24) is 4.90 Å². The lowest BCUT2D eigenvalue weighted by molar-refractivity contribution is 0.216. The third-order valence-corrected chi connectivity index (χ3v) is 4.43. The second kappa shape index (κ2) is 6.16. The number of amides is 2. The molecule has 2 rings (SSSR count). The quantitative estimate of drug-likeness (QED) is 0.858. The average Bonchev–Trinajstić information content (AvgIpc) is 2.40. The Morgan fingerprint density at radius 2 is 1.89 bits per heavy atom. The SMILES string of the molecule is CC(N)c1ccc(NC(=O)N2CCS(=O)CC2)cc1. The average molecular weight is 281 g/mol. The van der Waals surface area contributed by atoms with Gasteiger partial charge in [0.15, 0.2) is 0 Å². The highest BCUT2D eigenvalue weighted by Crippen LogP contribution is 2.15. The fraction of sp³-hybridized carbons (Fsp3) is 0.462. The molecule has 3 N–H and O–H groups in total. The number of benzene rings is 1. The van der Waals surface area contributed by atoms with E-state index >= 15 is 0 Å². The summed E-state index contributed by atoms with van der Waals surface area (Å²) in [6.45, 7) is 3.02. The summed E-state index contributed by atoms with van der Waals surface area (Å²) >= 11 is 0. The van der Waals surface area contributed by atoms with Gasteiger partial charge in [0, 0.05) is 47.1 Å². The smallest absolute Gasteiger partial charge is 0.321 e. The topological polar surface area (TPSA) is 75.4 Å². The molecule has 104 valence electrons. The van der Waals surface area contributed by atoms with E-state index in [-0.39, 0.29) is 12.1 Å². The zero-order chi connectivity index (χ0) is 13.8. The Morgan fingerprint density at radius 1 is 1.32 bits per heavy atom.